The highest BCUT2D eigenvalue weighted by atomic mass is 35.5. The molecule has 76 valence electrons. The average Bonchev–Trinajstić information content (AvgIpc) is 2.36. The maximum absolute atomic E-state index is 9.41. The van der Waals surface area contributed by atoms with E-state index in [1.54, 1.807) is 0 Å². The summed E-state index contributed by atoms with van der Waals surface area (Å²) >= 11 is 0. The highest BCUT2D eigenvalue weighted by Crippen LogP contribution is 1.98. The van der Waals surface area contributed by atoms with Gasteiger partial charge in [0.1, 0.15) is 18.9 Å². The lowest BCUT2D eigenvalue weighted by atomic mass is 10.3. The Labute approximate surface area is 85.4 Å². The van der Waals surface area contributed by atoms with Gasteiger partial charge in [-0.15, -0.1) is 0 Å². The molecule has 1 aromatic rings. The molecule has 0 saturated heterocycles. The zero-order chi connectivity index (χ0) is 9.14. The third-order valence-corrected chi connectivity index (χ3v) is 2.28. The second-order valence-corrected chi connectivity index (χ2v) is 3.17. The zero-order valence-electron chi connectivity index (χ0n) is 8.37. The van der Waals surface area contributed by atoms with E-state index in [9.17, 15) is 5.11 Å². The summed E-state index contributed by atoms with van der Waals surface area (Å²) in [5.74, 6) is 1.17. The Kier molecular flexibility index (Phi) is 5.03. The second-order valence-electron chi connectivity index (χ2n) is 3.17. The molecule has 0 amide bonds. The van der Waals surface area contributed by atoms with Crippen molar-refractivity contribution in [1.82, 2.24) is 4.57 Å². The first-order chi connectivity index (χ1) is 5.65. The van der Waals surface area contributed by atoms with Crippen LogP contribution >= 0.6 is 0 Å². The van der Waals surface area contributed by atoms with Crippen molar-refractivity contribution in [2.75, 3.05) is 0 Å². The average molecular weight is 205 g/mol. The number of hydrogen-bond acceptors (Lipinski definition) is 1. The normalized spacial score (nSPS) is 12.3. The highest BCUT2D eigenvalue weighted by Gasteiger charge is 2.11. The summed E-state index contributed by atoms with van der Waals surface area (Å²) in [4.78, 5) is 0. The van der Waals surface area contributed by atoms with Crippen LogP contribution in [-0.4, -0.2) is 15.8 Å². The van der Waals surface area contributed by atoms with Gasteiger partial charge in [-0.3, -0.25) is 0 Å². The molecule has 1 rings (SSSR count). The number of aryl methyl sites for hydroxylation is 1. The SMILES string of the molecule is CCC(O)Cn1cc[n+](C)c1C.[Cl-]. The lowest BCUT2D eigenvalue weighted by molar-refractivity contribution is -0.677. The van der Waals surface area contributed by atoms with Crippen molar-refractivity contribution < 1.29 is 22.1 Å². The summed E-state index contributed by atoms with van der Waals surface area (Å²) in [5.41, 5.74) is 0. The topological polar surface area (TPSA) is 29.0 Å². The van der Waals surface area contributed by atoms with Gasteiger partial charge in [-0.1, -0.05) is 6.92 Å². The van der Waals surface area contributed by atoms with Crippen LogP contribution in [0.1, 0.15) is 19.2 Å². The van der Waals surface area contributed by atoms with Crippen molar-refractivity contribution in [3.63, 3.8) is 0 Å². The predicted molar refractivity (Wildman–Crippen MR) is 46.6 cm³/mol. The Balaban J connectivity index is 0.00000144. The molecule has 1 heterocycles. The molecule has 0 aromatic carbocycles. The van der Waals surface area contributed by atoms with Gasteiger partial charge in [0, 0.05) is 6.92 Å². The molecule has 1 atom stereocenters. The fraction of sp³-hybridized carbons (Fsp3) is 0.667. The quantitative estimate of drug-likeness (QED) is 0.538. The number of imidazole rings is 1. The third-order valence-electron chi connectivity index (χ3n) is 2.28. The van der Waals surface area contributed by atoms with E-state index in [0.717, 1.165) is 6.42 Å². The minimum Gasteiger partial charge on any atom is -1.00 e. The highest BCUT2D eigenvalue weighted by molar-refractivity contribution is 4.80. The van der Waals surface area contributed by atoms with E-state index in [4.69, 9.17) is 0 Å². The molecule has 0 saturated carbocycles. The first-order valence-electron chi connectivity index (χ1n) is 4.34. The van der Waals surface area contributed by atoms with Crippen LogP contribution in [0.3, 0.4) is 0 Å². The molecule has 0 bridgehead atoms. The van der Waals surface area contributed by atoms with Crippen molar-refractivity contribution in [2.45, 2.75) is 32.9 Å². The number of rotatable bonds is 3. The smallest absolute Gasteiger partial charge is 0.253 e. The minimum absolute atomic E-state index is 0. The number of aromatic nitrogens is 2. The van der Waals surface area contributed by atoms with Gasteiger partial charge in [-0.25, -0.2) is 9.13 Å². The predicted octanol–water partition coefficient (Wildman–Crippen LogP) is -2.60. The number of hydrogen-bond donors (Lipinski definition) is 1. The Morgan fingerprint density at radius 3 is 2.62 bits per heavy atom. The molecular formula is C9H17ClN2O. The number of halogens is 1. The minimum atomic E-state index is -0.226. The van der Waals surface area contributed by atoms with E-state index >= 15 is 0 Å². The van der Waals surface area contributed by atoms with Crippen LogP contribution < -0.4 is 17.0 Å². The van der Waals surface area contributed by atoms with Gasteiger partial charge in [0.05, 0.1) is 13.2 Å². The molecule has 0 fully saturated rings. The van der Waals surface area contributed by atoms with Gasteiger partial charge in [0.25, 0.3) is 5.82 Å². The van der Waals surface area contributed by atoms with Crippen LogP contribution in [0.4, 0.5) is 0 Å². The van der Waals surface area contributed by atoms with E-state index in [-0.39, 0.29) is 18.5 Å². The van der Waals surface area contributed by atoms with E-state index < -0.39 is 0 Å². The summed E-state index contributed by atoms with van der Waals surface area (Å²) in [6, 6.07) is 0. The van der Waals surface area contributed by atoms with Crippen LogP contribution in [0.25, 0.3) is 0 Å². The van der Waals surface area contributed by atoms with Gasteiger partial charge in [-0.2, -0.15) is 0 Å². The molecule has 13 heavy (non-hydrogen) atoms. The molecule has 1 unspecified atom stereocenters. The Morgan fingerprint density at radius 2 is 2.23 bits per heavy atom. The van der Waals surface area contributed by atoms with Crippen LogP contribution in [0, 0.1) is 6.92 Å². The number of aliphatic hydroxyl groups excluding tert-OH is 1. The van der Waals surface area contributed by atoms with Crippen molar-refractivity contribution in [3.8, 4) is 0 Å². The van der Waals surface area contributed by atoms with Crippen molar-refractivity contribution in [3.05, 3.63) is 18.2 Å². The fourth-order valence-electron chi connectivity index (χ4n) is 1.15. The van der Waals surface area contributed by atoms with Gasteiger partial charge in [0.15, 0.2) is 0 Å². The monoisotopic (exact) mass is 204 g/mol. The molecule has 4 heteroatoms. The van der Waals surface area contributed by atoms with Gasteiger partial charge < -0.3 is 17.5 Å². The molecule has 1 aromatic heterocycles. The third kappa shape index (κ3) is 3.01. The number of nitrogens with zero attached hydrogens (tertiary/aromatic N) is 2. The van der Waals surface area contributed by atoms with Crippen molar-refractivity contribution in [1.29, 1.82) is 0 Å². The van der Waals surface area contributed by atoms with Gasteiger partial charge >= 0.3 is 0 Å². The number of aliphatic hydroxyl groups is 1. The van der Waals surface area contributed by atoms with E-state index in [1.807, 2.05) is 37.9 Å². The van der Waals surface area contributed by atoms with Gasteiger partial charge in [-0.05, 0) is 6.42 Å². The van der Waals surface area contributed by atoms with E-state index in [1.165, 1.54) is 5.82 Å². The summed E-state index contributed by atoms with van der Waals surface area (Å²) < 4.78 is 4.11. The lowest BCUT2D eigenvalue weighted by Gasteiger charge is -2.04. The van der Waals surface area contributed by atoms with E-state index in [2.05, 4.69) is 4.57 Å². The maximum atomic E-state index is 9.41. The Hall–Kier alpha value is -0.540. The fourth-order valence-corrected chi connectivity index (χ4v) is 1.15. The molecule has 0 spiro atoms. The standard InChI is InChI=1S/C9H17N2O.ClH/c1-4-9(12)7-11-6-5-10(3)8(11)2;/h5-6,9,12H,4,7H2,1-3H3;1H/q+1;/p-1. The van der Waals surface area contributed by atoms with Crippen LogP contribution in [0.2, 0.25) is 0 Å². The Bertz CT molecular complexity index is 260. The van der Waals surface area contributed by atoms with E-state index in [0.29, 0.717) is 6.54 Å². The first-order valence-corrected chi connectivity index (χ1v) is 4.34. The summed E-state index contributed by atoms with van der Waals surface area (Å²) in [7, 11) is 2.00. The summed E-state index contributed by atoms with van der Waals surface area (Å²) in [6.07, 6.45) is 4.57. The largest absolute Gasteiger partial charge is 1.00 e. The van der Waals surface area contributed by atoms with Gasteiger partial charge in [0.2, 0.25) is 0 Å². The van der Waals surface area contributed by atoms with Crippen molar-refractivity contribution in [2.24, 2.45) is 7.05 Å². The van der Waals surface area contributed by atoms with Crippen LogP contribution in [0.5, 0.6) is 0 Å². The molecule has 0 aliphatic rings. The molecular weight excluding hydrogens is 188 g/mol. The Morgan fingerprint density at radius 1 is 1.62 bits per heavy atom. The summed E-state index contributed by atoms with van der Waals surface area (Å²) in [6.45, 7) is 4.73. The first kappa shape index (κ1) is 12.5. The molecule has 0 aliphatic heterocycles. The molecule has 3 nitrogen and oxygen atoms in total. The second kappa shape index (κ2) is 5.25. The lowest BCUT2D eigenvalue weighted by Crippen LogP contribution is -3.00. The molecule has 0 aliphatic carbocycles. The van der Waals surface area contributed by atoms with Crippen molar-refractivity contribution >= 4 is 0 Å². The molecule has 1 N–H and O–H groups in total. The zero-order valence-corrected chi connectivity index (χ0v) is 9.12. The maximum Gasteiger partial charge on any atom is 0.253 e. The molecule has 0 radical (unpaired) electrons. The summed E-state index contributed by atoms with van der Waals surface area (Å²) in [5, 5.41) is 9.41. The van der Waals surface area contributed by atoms with Crippen LogP contribution in [0.15, 0.2) is 12.4 Å². The van der Waals surface area contributed by atoms with Crippen LogP contribution in [-0.2, 0) is 13.6 Å².